The van der Waals surface area contributed by atoms with Gasteiger partial charge in [0.15, 0.2) is 0 Å². The largest absolute Gasteiger partial charge is 0.373 e. The van der Waals surface area contributed by atoms with Crippen molar-refractivity contribution in [2.75, 3.05) is 12.4 Å². The monoisotopic (exact) mass is 217 g/mol. The van der Waals surface area contributed by atoms with Crippen molar-refractivity contribution in [2.24, 2.45) is 0 Å². The minimum atomic E-state index is 0.743. The van der Waals surface area contributed by atoms with E-state index in [2.05, 4.69) is 20.3 Å². The van der Waals surface area contributed by atoms with Gasteiger partial charge in [-0.15, -0.1) is 0 Å². The van der Waals surface area contributed by atoms with Gasteiger partial charge in [0.2, 0.25) is 0 Å². The maximum Gasteiger partial charge on any atom is 0.143 e. The maximum absolute atomic E-state index is 4.40. The van der Waals surface area contributed by atoms with E-state index in [9.17, 15) is 0 Å². The van der Waals surface area contributed by atoms with Crippen molar-refractivity contribution in [1.82, 2.24) is 19.5 Å². The predicted molar refractivity (Wildman–Crippen MR) is 62.9 cm³/mol. The quantitative estimate of drug-likeness (QED) is 0.830. The van der Waals surface area contributed by atoms with E-state index in [0.717, 1.165) is 28.8 Å². The summed E-state index contributed by atoms with van der Waals surface area (Å²) >= 11 is 0. The Labute approximate surface area is 94.6 Å². The van der Waals surface area contributed by atoms with E-state index in [-0.39, 0.29) is 0 Å². The molecule has 5 nitrogen and oxygen atoms in total. The Kier molecular flexibility index (Phi) is 2.60. The van der Waals surface area contributed by atoms with E-state index in [1.54, 1.807) is 6.33 Å². The first-order chi connectivity index (χ1) is 7.61. The highest BCUT2D eigenvalue weighted by molar-refractivity contribution is 5.42. The topological polar surface area (TPSA) is 55.6 Å². The first-order valence-electron chi connectivity index (χ1n) is 5.16. The zero-order chi connectivity index (χ0) is 11.7. The van der Waals surface area contributed by atoms with Crippen LogP contribution in [0.2, 0.25) is 0 Å². The lowest BCUT2D eigenvalue weighted by Crippen LogP contribution is -2.04. The fourth-order valence-electron chi connectivity index (χ4n) is 1.53. The molecule has 2 aromatic rings. The second kappa shape index (κ2) is 3.92. The van der Waals surface area contributed by atoms with Gasteiger partial charge in [-0.1, -0.05) is 0 Å². The Morgan fingerprint density at radius 3 is 2.50 bits per heavy atom. The lowest BCUT2D eigenvalue weighted by molar-refractivity contribution is 0.911. The number of aromatic nitrogens is 4. The molecule has 0 aliphatic heterocycles. The molecular formula is C11H15N5. The molecule has 0 unspecified atom stereocenters. The zero-order valence-corrected chi connectivity index (χ0v) is 9.94. The molecule has 84 valence electrons. The summed E-state index contributed by atoms with van der Waals surface area (Å²) in [7, 11) is 1.84. The zero-order valence-electron chi connectivity index (χ0n) is 9.94. The van der Waals surface area contributed by atoms with Gasteiger partial charge in [0.1, 0.15) is 23.8 Å². The second-order valence-electron chi connectivity index (χ2n) is 3.69. The van der Waals surface area contributed by atoms with Gasteiger partial charge in [-0.3, -0.25) is 4.57 Å². The van der Waals surface area contributed by atoms with Crippen LogP contribution in [0.1, 0.15) is 17.2 Å². The molecule has 0 fully saturated rings. The van der Waals surface area contributed by atoms with E-state index in [0.29, 0.717) is 0 Å². The molecule has 0 aliphatic carbocycles. The summed E-state index contributed by atoms with van der Waals surface area (Å²) in [6.07, 6.45) is 1.78. The van der Waals surface area contributed by atoms with Crippen LogP contribution in [0.25, 0.3) is 5.82 Å². The molecule has 0 saturated heterocycles. The summed E-state index contributed by atoms with van der Waals surface area (Å²) in [5, 5.41) is 3.02. The van der Waals surface area contributed by atoms with Gasteiger partial charge in [0, 0.05) is 18.8 Å². The molecule has 16 heavy (non-hydrogen) atoms. The molecule has 0 atom stereocenters. The van der Waals surface area contributed by atoms with Crippen molar-refractivity contribution in [1.29, 1.82) is 0 Å². The highest BCUT2D eigenvalue weighted by Crippen LogP contribution is 2.14. The van der Waals surface area contributed by atoms with Crippen molar-refractivity contribution < 1.29 is 0 Å². The summed E-state index contributed by atoms with van der Waals surface area (Å²) in [6.45, 7) is 5.89. The molecular weight excluding hydrogens is 202 g/mol. The third-order valence-corrected chi connectivity index (χ3v) is 2.58. The number of anilines is 1. The van der Waals surface area contributed by atoms with Gasteiger partial charge in [-0.2, -0.15) is 0 Å². The number of hydrogen-bond donors (Lipinski definition) is 1. The Balaban J connectivity index is 2.55. The molecule has 0 aromatic carbocycles. The summed E-state index contributed by atoms with van der Waals surface area (Å²) in [4.78, 5) is 12.9. The standard InChI is InChI=1S/C11H15N5/c1-7-8(2)16(6-13-7)11-5-10(12-4)14-9(3)15-11/h5-6H,1-4H3,(H,12,14,15). The average Bonchev–Trinajstić information content (AvgIpc) is 2.59. The van der Waals surface area contributed by atoms with Crippen molar-refractivity contribution in [3.63, 3.8) is 0 Å². The van der Waals surface area contributed by atoms with Crippen LogP contribution < -0.4 is 5.32 Å². The molecule has 2 aromatic heterocycles. The molecule has 0 spiro atoms. The molecule has 0 saturated carbocycles. The highest BCUT2D eigenvalue weighted by Gasteiger charge is 2.07. The number of rotatable bonds is 2. The number of aryl methyl sites for hydroxylation is 2. The number of imidazole rings is 1. The van der Waals surface area contributed by atoms with Gasteiger partial charge >= 0.3 is 0 Å². The molecule has 2 heterocycles. The van der Waals surface area contributed by atoms with E-state index in [1.807, 2.05) is 38.5 Å². The molecule has 0 amide bonds. The molecule has 2 rings (SSSR count). The Bertz CT molecular complexity index is 515. The van der Waals surface area contributed by atoms with Crippen LogP contribution in [0.3, 0.4) is 0 Å². The van der Waals surface area contributed by atoms with Gasteiger partial charge < -0.3 is 5.32 Å². The Morgan fingerprint density at radius 2 is 1.94 bits per heavy atom. The predicted octanol–water partition coefficient (Wildman–Crippen LogP) is 1.63. The lowest BCUT2D eigenvalue weighted by Gasteiger charge is -2.07. The summed E-state index contributed by atoms with van der Waals surface area (Å²) in [5.41, 5.74) is 2.11. The van der Waals surface area contributed by atoms with E-state index in [1.165, 1.54) is 0 Å². The van der Waals surface area contributed by atoms with Crippen LogP contribution in [0.5, 0.6) is 0 Å². The van der Waals surface area contributed by atoms with Gasteiger partial charge in [-0.05, 0) is 20.8 Å². The third kappa shape index (κ3) is 1.76. The average molecular weight is 217 g/mol. The number of nitrogens with one attached hydrogen (secondary N) is 1. The van der Waals surface area contributed by atoms with Crippen LogP contribution in [0.15, 0.2) is 12.4 Å². The first kappa shape index (κ1) is 10.6. The van der Waals surface area contributed by atoms with E-state index in [4.69, 9.17) is 0 Å². The fraction of sp³-hybridized carbons (Fsp3) is 0.364. The van der Waals surface area contributed by atoms with Crippen LogP contribution in [-0.2, 0) is 0 Å². The van der Waals surface area contributed by atoms with Gasteiger partial charge in [-0.25, -0.2) is 15.0 Å². The first-order valence-corrected chi connectivity index (χ1v) is 5.16. The molecule has 0 bridgehead atoms. The van der Waals surface area contributed by atoms with E-state index < -0.39 is 0 Å². The number of nitrogens with zero attached hydrogens (tertiary/aromatic N) is 4. The van der Waals surface area contributed by atoms with Crippen LogP contribution in [-0.4, -0.2) is 26.6 Å². The van der Waals surface area contributed by atoms with Gasteiger partial charge in [0.05, 0.1) is 5.69 Å². The summed E-state index contributed by atoms with van der Waals surface area (Å²) in [6, 6.07) is 1.90. The SMILES string of the molecule is CNc1cc(-n2cnc(C)c2C)nc(C)n1. The van der Waals surface area contributed by atoms with Crippen molar-refractivity contribution >= 4 is 5.82 Å². The van der Waals surface area contributed by atoms with Crippen LogP contribution >= 0.6 is 0 Å². The van der Waals surface area contributed by atoms with Crippen LogP contribution in [0, 0.1) is 20.8 Å². The molecule has 0 radical (unpaired) electrons. The summed E-state index contributed by atoms with van der Waals surface area (Å²) < 4.78 is 1.96. The molecule has 0 aliphatic rings. The van der Waals surface area contributed by atoms with Crippen LogP contribution in [0.4, 0.5) is 5.82 Å². The lowest BCUT2D eigenvalue weighted by atomic mass is 10.4. The van der Waals surface area contributed by atoms with Crippen molar-refractivity contribution in [2.45, 2.75) is 20.8 Å². The number of hydrogen-bond acceptors (Lipinski definition) is 4. The minimum absolute atomic E-state index is 0.743. The van der Waals surface area contributed by atoms with Gasteiger partial charge in [0.25, 0.3) is 0 Å². The smallest absolute Gasteiger partial charge is 0.143 e. The third-order valence-electron chi connectivity index (χ3n) is 2.58. The van der Waals surface area contributed by atoms with Crippen molar-refractivity contribution in [3.05, 3.63) is 29.6 Å². The molecule has 5 heteroatoms. The second-order valence-corrected chi connectivity index (χ2v) is 3.69. The normalized spacial score (nSPS) is 10.5. The Morgan fingerprint density at radius 1 is 1.19 bits per heavy atom. The highest BCUT2D eigenvalue weighted by atomic mass is 15.1. The minimum Gasteiger partial charge on any atom is -0.373 e. The Hall–Kier alpha value is -1.91. The van der Waals surface area contributed by atoms with Crippen molar-refractivity contribution in [3.8, 4) is 5.82 Å². The van der Waals surface area contributed by atoms with E-state index >= 15 is 0 Å². The molecule has 1 N–H and O–H groups in total. The summed E-state index contributed by atoms with van der Waals surface area (Å²) in [5.74, 6) is 2.40. The maximum atomic E-state index is 4.40. The fourth-order valence-corrected chi connectivity index (χ4v) is 1.53.